The Labute approximate surface area is 212 Å². The van der Waals surface area contributed by atoms with Gasteiger partial charge >= 0.3 is 23.9 Å². The van der Waals surface area contributed by atoms with Crippen LogP contribution in [0.1, 0.15) is 33.3 Å². The molecule has 36 heavy (non-hydrogen) atoms. The van der Waals surface area contributed by atoms with Crippen molar-refractivity contribution in [2.45, 2.75) is 58.4 Å². The second kappa shape index (κ2) is 13.3. The topological polar surface area (TPSA) is 174 Å². The van der Waals surface area contributed by atoms with Gasteiger partial charge in [0.1, 0.15) is 18.5 Å². The summed E-state index contributed by atoms with van der Waals surface area (Å²) in [4.78, 5) is 46.9. The first-order valence-corrected chi connectivity index (χ1v) is 11.0. The summed E-state index contributed by atoms with van der Waals surface area (Å²) in [5, 5.41) is 3.86. The molecule has 0 spiro atoms. The molecule has 3 N–H and O–H groups in total. The molecule has 196 valence electrons. The number of hydrogen-bond acceptors (Lipinski definition) is 12. The fourth-order valence-corrected chi connectivity index (χ4v) is 3.27. The highest BCUT2D eigenvalue weighted by Gasteiger charge is 2.53. The van der Waals surface area contributed by atoms with Crippen LogP contribution in [-0.4, -0.2) is 72.5 Å². The van der Waals surface area contributed by atoms with Crippen LogP contribution >= 0.6 is 12.2 Å². The molecule has 0 saturated carbocycles. The Morgan fingerprint density at radius 2 is 1.50 bits per heavy atom. The predicted octanol–water partition coefficient (Wildman–Crippen LogP) is 0.316. The molecule has 0 bridgehead atoms. The molecule has 5 atom stereocenters. The molecule has 2 rings (SSSR count). The molecule has 1 aromatic carbocycles. The summed E-state index contributed by atoms with van der Waals surface area (Å²) in [6.07, 6.45) is -4.91. The maximum atomic E-state index is 11.9. The quantitative estimate of drug-likeness (QED) is 0.148. The molecular formula is C22H27N3O10S. The molecule has 0 radical (unpaired) electrons. The lowest BCUT2D eigenvalue weighted by Gasteiger charge is -2.43. The number of carbonyl (C=O) groups is 4. The van der Waals surface area contributed by atoms with Gasteiger partial charge in [-0.05, 0) is 42.0 Å². The Hall–Kier alpha value is -3.78. The van der Waals surface area contributed by atoms with Gasteiger partial charge in [-0.25, -0.2) is 0 Å². The summed E-state index contributed by atoms with van der Waals surface area (Å²) in [6.45, 7) is 4.24. The second-order valence-corrected chi connectivity index (χ2v) is 7.93. The first-order chi connectivity index (χ1) is 17.0. The maximum Gasteiger partial charge on any atom is 0.303 e. The van der Waals surface area contributed by atoms with Gasteiger partial charge in [0, 0.05) is 27.7 Å². The number of ether oxygens (including phenoxy) is 6. The van der Waals surface area contributed by atoms with Gasteiger partial charge in [0.15, 0.2) is 17.3 Å². The lowest BCUT2D eigenvalue weighted by atomic mass is 9.98. The smallest absolute Gasteiger partial charge is 0.303 e. The number of nitrogens with two attached hydrogens (primary N) is 1. The Morgan fingerprint density at radius 3 is 2.03 bits per heavy atom. The van der Waals surface area contributed by atoms with Crippen LogP contribution in [0.15, 0.2) is 29.4 Å². The van der Waals surface area contributed by atoms with E-state index in [-0.39, 0.29) is 17.5 Å². The molecule has 1 heterocycles. The zero-order valence-electron chi connectivity index (χ0n) is 20.0. The van der Waals surface area contributed by atoms with E-state index in [1.807, 2.05) is 0 Å². The molecule has 0 unspecified atom stereocenters. The molecule has 0 aliphatic carbocycles. The van der Waals surface area contributed by atoms with Gasteiger partial charge in [0.2, 0.25) is 12.4 Å². The Morgan fingerprint density at radius 1 is 0.944 bits per heavy atom. The van der Waals surface area contributed by atoms with Crippen LogP contribution in [0.25, 0.3) is 0 Å². The van der Waals surface area contributed by atoms with Crippen LogP contribution in [0, 0.1) is 0 Å². The zero-order chi connectivity index (χ0) is 26.8. The number of hydrogen-bond donors (Lipinski definition) is 2. The van der Waals surface area contributed by atoms with E-state index in [1.165, 1.54) is 13.1 Å². The average Bonchev–Trinajstić information content (AvgIpc) is 2.76. The Bertz CT molecular complexity index is 1000. The van der Waals surface area contributed by atoms with Gasteiger partial charge in [-0.2, -0.15) is 5.10 Å². The summed E-state index contributed by atoms with van der Waals surface area (Å²) < 4.78 is 32.9. The average molecular weight is 526 g/mol. The summed E-state index contributed by atoms with van der Waals surface area (Å²) in [6, 6.07) is 6.48. The molecule has 13 nitrogen and oxygen atoms in total. The molecule has 1 aromatic rings. The molecule has 14 heteroatoms. The molecular weight excluding hydrogens is 498 g/mol. The molecule has 0 amide bonds. The zero-order valence-corrected chi connectivity index (χ0v) is 20.8. The number of carbonyl (C=O) groups excluding carboxylic acids is 4. The van der Waals surface area contributed by atoms with Crippen molar-refractivity contribution in [3.8, 4) is 5.75 Å². The summed E-state index contributed by atoms with van der Waals surface area (Å²) in [5.74, 6) is -2.53. The third-order valence-electron chi connectivity index (χ3n) is 4.47. The van der Waals surface area contributed by atoms with E-state index in [4.69, 9.17) is 34.2 Å². The Kier molecular flexibility index (Phi) is 10.5. The fraction of sp³-hybridized carbons (Fsp3) is 0.455. The van der Waals surface area contributed by atoms with E-state index in [0.29, 0.717) is 5.56 Å². The minimum atomic E-state index is -1.33. The molecule has 1 aliphatic heterocycles. The monoisotopic (exact) mass is 525 g/mol. The van der Waals surface area contributed by atoms with Crippen molar-refractivity contribution >= 4 is 47.4 Å². The predicted molar refractivity (Wildman–Crippen MR) is 127 cm³/mol. The number of rotatable bonds is 9. The van der Waals surface area contributed by atoms with E-state index >= 15 is 0 Å². The number of benzene rings is 1. The van der Waals surface area contributed by atoms with Gasteiger partial charge < -0.3 is 34.2 Å². The summed E-state index contributed by atoms with van der Waals surface area (Å²) in [5.41, 5.74) is 8.41. The van der Waals surface area contributed by atoms with E-state index in [2.05, 4.69) is 22.7 Å². The summed E-state index contributed by atoms with van der Waals surface area (Å²) in [7, 11) is 0. The third kappa shape index (κ3) is 9.11. The van der Waals surface area contributed by atoms with Gasteiger partial charge in [-0.15, -0.1) is 0 Å². The van der Waals surface area contributed by atoms with Crippen molar-refractivity contribution < 1.29 is 47.6 Å². The van der Waals surface area contributed by atoms with E-state index in [1.54, 1.807) is 24.3 Å². The van der Waals surface area contributed by atoms with Gasteiger partial charge in [-0.3, -0.25) is 24.6 Å². The van der Waals surface area contributed by atoms with E-state index < -0.39 is 54.6 Å². The van der Waals surface area contributed by atoms with Crippen molar-refractivity contribution in [1.29, 1.82) is 0 Å². The van der Waals surface area contributed by atoms with Crippen LogP contribution in [0.4, 0.5) is 0 Å². The summed E-state index contributed by atoms with van der Waals surface area (Å²) >= 11 is 4.67. The Balaban J connectivity index is 2.36. The third-order valence-corrected chi connectivity index (χ3v) is 4.56. The fourth-order valence-electron chi connectivity index (χ4n) is 3.22. The van der Waals surface area contributed by atoms with Crippen molar-refractivity contribution in [3.63, 3.8) is 0 Å². The highest BCUT2D eigenvalue weighted by molar-refractivity contribution is 7.80. The first kappa shape index (κ1) is 28.5. The van der Waals surface area contributed by atoms with Crippen molar-refractivity contribution in [1.82, 2.24) is 5.43 Å². The number of nitrogens with one attached hydrogen (secondary N) is 1. The van der Waals surface area contributed by atoms with Crippen LogP contribution in [-0.2, 0) is 42.9 Å². The van der Waals surface area contributed by atoms with E-state index in [0.717, 1.165) is 20.8 Å². The molecule has 0 aromatic heterocycles. The lowest BCUT2D eigenvalue weighted by molar-refractivity contribution is -0.288. The number of hydrazone groups is 1. The van der Waals surface area contributed by atoms with E-state index in [9.17, 15) is 19.2 Å². The minimum absolute atomic E-state index is 0.00913. The van der Waals surface area contributed by atoms with Gasteiger partial charge in [-0.1, -0.05) is 0 Å². The lowest BCUT2D eigenvalue weighted by Crippen LogP contribution is -2.63. The number of esters is 4. The van der Waals surface area contributed by atoms with Crippen LogP contribution in [0.5, 0.6) is 5.75 Å². The SMILES string of the molecule is CC(=O)OC[C@H]1O[C@@H](Oc2ccc(/C=N/NC(N)=S)cc2)[C@H](OC(C)=O)[C@@H](OC(C)=O)[C@@H]1OC(C)=O. The van der Waals surface area contributed by atoms with Crippen molar-refractivity contribution in [2.24, 2.45) is 10.8 Å². The van der Waals surface area contributed by atoms with Gasteiger partial charge in [0.25, 0.3) is 0 Å². The van der Waals surface area contributed by atoms with Crippen molar-refractivity contribution in [2.75, 3.05) is 6.61 Å². The normalized spacial score (nSPS) is 23.3. The highest BCUT2D eigenvalue weighted by Crippen LogP contribution is 2.31. The largest absolute Gasteiger partial charge is 0.463 e. The van der Waals surface area contributed by atoms with Crippen LogP contribution < -0.4 is 15.9 Å². The maximum absolute atomic E-state index is 11.9. The molecule has 1 saturated heterocycles. The van der Waals surface area contributed by atoms with Crippen molar-refractivity contribution in [3.05, 3.63) is 29.8 Å². The van der Waals surface area contributed by atoms with Crippen LogP contribution in [0.2, 0.25) is 0 Å². The molecule has 1 fully saturated rings. The van der Waals surface area contributed by atoms with Crippen LogP contribution in [0.3, 0.4) is 0 Å². The number of nitrogens with zero attached hydrogens (tertiary/aromatic N) is 1. The molecule has 1 aliphatic rings. The second-order valence-electron chi connectivity index (χ2n) is 7.49. The minimum Gasteiger partial charge on any atom is -0.463 e. The number of thiocarbonyl (C=S) groups is 1. The standard InChI is InChI=1S/C22H27N3O10S/c1-11(26)30-10-17-18(31-12(2)27)19(32-13(3)28)20(33-14(4)29)21(35-17)34-16-7-5-15(6-8-16)9-24-25-22(23)36/h5-9,17-21H,10H2,1-4H3,(H3,23,25,36)/b24-9+/t17-,18-,19+,20-,21-/m1/s1. The first-order valence-electron chi connectivity index (χ1n) is 10.6. The van der Waals surface area contributed by atoms with Gasteiger partial charge in [0.05, 0.1) is 6.21 Å². The highest BCUT2D eigenvalue weighted by atomic mass is 32.1.